The maximum Gasteiger partial charge on any atom is 0.132 e. The van der Waals surface area contributed by atoms with Gasteiger partial charge in [0.25, 0.3) is 0 Å². The minimum Gasteiger partial charge on any atom is -0.870 e. The number of unbranched alkanes of at least 4 members (excludes halogenated alkanes) is 5. The van der Waals surface area contributed by atoms with E-state index >= 15 is 0 Å². The average molecular weight is 308 g/mol. The van der Waals surface area contributed by atoms with E-state index in [1.165, 1.54) is 81.2 Å². The topological polar surface area (TPSA) is 30.0 Å². The van der Waals surface area contributed by atoms with Gasteiger partial charge in [0.1, 0.15) is 5.69 Å². The minimum absolute atomic E-state index is 0. The van der Waals surface area contributed by atoms with E-state index in [9.17, 15) is 0 Å². The molecule has 0 saturated carbocycles. The van der Waals surface area contributed by atoms with Crippen LogP contribution >= 0.6 is 0 Å². The van der Waals surface area contributed by atoms with Crippen LogP contribution in [0.1, 0.15) is 72.1 Å². The van der Waals surface area contributed by atoms with Crippen LogP contribution in [0, 0.1) is 0 Å². The fourth-order valence-corrected chi connectivity index (χ4v) is 3.52. The highest BCUT2D eigenvalue weighted by molar-refractivity contribution is 5.42. The minimum atomic E-state index is 0. The molecule has 0 unspecified atom stereocenters. The monoisotopic (exact) mass is 307 g/mol. The molecule has 128 valence electrons. The van der Waals surface area contributed by atoms with Gasteiger partial charge in [-0.2, -0.15) is 0 Å². The highest BCUT2D eigenvalue weighted by Gasteiger charge is 2.27. The van der Waals surface area contributed by atoms with Gasteiger partial charge in [-0.15, -0.1) is 0 Å². The van der Waals surface area contributed by atoms with Crippen LogP contribution in [-0.2, 0) is 0 Å². The smallest absolute Gasteiger partial charge is 0.132 e. The predicted molar refractivity (Wildman–Crippen MR) is 98.7 cm³/mol. The Morgan fingerprint density at radius 3 is 1.73 bits per heavy atom. The molecule has 0 spiro atoms. The third-order valence-corrected chi connectivity index (χ3v) is 4.55. The van der Waals surface area contributed by atoms with Crippen molar-refractivity contribution in [1.82, 2.24) is 4.48 Å². The first-order chi connectivity index (χ1) is 10.3. The van der Waals surface area contributed by atoms with Gasteiger partial charge >= 0.3 is 0 Å². The van der Waals surface area contributed by atoms with Crippen LogP contribution < -0.4 is 4.48 Å². The van der Waals surface area contributed by atoms with E-state index in [2.05, 4.69) is 51.1 Å². The van der Waals surface area contributed by atoms with Gasteiger partial charge in [-0.1, -0.05) is 64.7 Å². The number of quaternary nitrogens is 1. The molecule has 0 aliphatic heterocycles. The molecule has 0 radical (unpaired) electrons. The Labute approximate surface area is 138 Å². The van der Waals surface area contributed by atoms with Crippen LogP contribution in [0.15, 0.2) is 30.3 Å². The molecule has 0 aliphatic carbocycles. The molecule has 0 bridgehead atoms. The lowest BCUT2D eigenvalue weighted by Gasteiger charge is -2.38. The first kappa shape index (κ1) is 21.1. The van der Waals surface area contributed by atoms with Crippen molar-refractivity contribution in [3.8, 4) is 0 Å². The van der Waals surface area contributed by atoms with Crippen molar-refractivity contribution in [2.75, 3.05) is 19.6 Å². The van der Waals surface area contributed by atoms with E-state index in [1.54, 1.807) is 0 Å². The molecular formula is C20H37NO. The van der Waals surface area contributed by atoms with Crippen LogP contribution in [-0.4, -0.2) is 25.1 Å². The zero-order valence-electron chi connectivity index (χ0n) is 15.1. The van der Waals surface area contributed by atoms with Crippen LogP contribution in [0.4, 0.5) is 5.69 Å². The van der Waals surface area contributed by atoms with Crippen molar-refractivity contribution in [1.29, 1.82) is 0 Å². The number of rotatable bonds is 12. The maximum atomic E-state index is 2.34. The summed E-state index contributed by atoms with van der Waals surface area (Å²) in [6, 6.07) is 11.2. The zero-order valence-corrected chi connectivity index (χ0v) is 15.1. The molecule has 0 fully saturated rings. The highest BCUT2D eigenvalue weighted by atomic mass is 16.0. The molecule has 2 heteroatoms. The van der Waals surface area contributed by atoms with Gasteiger partial charge < -0.3 is 5.48 Å². The number of hydrogen-bond acceptors (Lipinski definition) is 1. The van der Waals surface area contributed by atoms with Gasteiger partial charge in [0, 0.05) is 0 Å². The van der Waals surface area contributed by atoms with Gasteiger partial charge in [-0.25, -0.2) is 0 Å². The van der Waals surface area contributed by atoms with Crippen molar-refractivity contribution < 1.29 is 5.48 Å². The second kappa shape index (κ2) is 12.7. The third kappa shape index (κ3) is 6.93. The lowest BCUT2D eigenvalue weighted by molar-refractivity contribution is 0.265. The molecule has 2 nitrogen and oxygen atoms in total. The van der Waals surface area contributed by atoms with E-state index in [0.717, 1.165) is 0 Å². The van der Waals surface area contributed by atoms with Gasteiger partial charge in [0.05, 0.1) is 19.6 Å². The summed E-state index contributed by atoms with van der Waals surface area (Å²) in [4.78, 5) is 0. The molecule has 0 aromatic heterocycles. The van der Waals surface area contributed by atoms with Crippen molar-refractivity contribution in [2.45, 2.75) is 72.1 Å². The Morgan fingerprint density at radius 2 is 1.18 bits per heavy atom. The van der Waals surface area contributed by atoms with Gasteiger partial charge in [0.2, 0.25) is 0 Å². The molecule has 1 rings (SSSR count). The first-order valence-corrected chi connectivity index (χ1v) is 9.20. The second-order valence-electron chi connectivity index (χ2n) is 6.42. The Bertz CT molecular complexity index is 344. The Morgan fingerprint density at radius 1 is 0.636 bits per heavy atom. The van der Waals surface area contributed by atoms with Crippen molar-refractivity contribution >= 4 is 5.69 Å². The number of benzene rings is 1. The normalized spacial score (nSPS) is 11.2. The first-order valence-electron chi connectivity index (χ1n) is 9.20. The van der Waals surface area contributed by atoms with Crippen LogP contribution in [0.5, 0.6) is 0 Å². The summed E-state index contributed by atoms with van der Waals surface area (Å²) in [6.07, 6.45) is 10.9. The van der Waals surface area contributed by atoms with E-state index < -0.39 is 0 Å². The molecule has 0 aliphatic rings. The fraction of sp³-hybridized carbons (Fsp3) is 0.700. The van der Waals surface area contributed by atoms with E-state index in [0.29, 0.717) is 0 Å². The summed E-state index contributed by atoms with van der Waals surface area (Å²) in [6.45, 7) is 10.8. The number of hydrogen-bond donors (Lipinski definition) is 0. The van der Waals surface area contributed by atoms with Crippen LogP contribution in [0.3, 0.4) is 0 Å². The van der Waals surface area contributed by atoms with Crippen molar-refractivity contribution in [3.05, 3.63) is 30.3 Å². The Hall–Kier alpha value is -0.860. The molecule has 1 aromatic carbocycles. The summed E-state index contributed by atoms with van der Waals surface area (Å²) in [5.41, 5.74) is 1.52. The summed E-state index contributed by atoms with van der Waals surface area (Å²) in [5.74, 6) is 0. The van der Waals surface area contributed by atoms with Gasteiger partial charge in [-0.05, 0) is 37.8 Å². The molecule has 0 amide bonds. The molecular weight excluding hydrogens is 270 g/mol. The van der Waals surface area contributed by atoms with E-state index in [1.807, 2.05) is 0 Å². The van der Waals surface area contributed by atoms with Crippen LogP contribution in [0.2, 0.25) is 0 Å². The van der Waals surface area contributed by atoms with Gasteiger partial charge in [0.15, 0.2) is 0 Å². The second-order valence-corrected chi connectivity index (χ2v) is 6.42. The number of nitrogens with zero attached hydrogens (tertiary/aromatic N) is 1. The van der Waals surface area contributed by atoms with E-state index in [4.69, 9.17) is 0 Å². The maximum absolute atomic E-state index is 2.34. The summed E-state index contributed by atoms with van der Waals surface area (Å²) in [5, 5.41) is 0. The highest BCUT2D eigenvalue weighted by Crippen LogP contribution is 2.25. The summed E-state index contributed by atoms with van der Waals surface area (Å²) < 4.78 is 1.20. The summed E-state index contributed by atoms with van der Waals surface area (Å²) >= 11 is 0. The standard InChI is InChI=1S/C20H36N.H2O/c1-4-7-8-9-10-14-19-21(17-5-2,18-6-3)20-15-12-11-13-16-20;/h11-13,15-16H,4-10,14,17-19H2,1-3H3;1H2/q+1;/p-1. The molecule has 1 N–H and O–H groups in total. The van der Waals surface area contributed by atoms with Crippen LogP contribution in [0.25, 0.3) is 0 Å². The lowest BCUT2D eigenvalue weighted by atomic mass is 10.1. The third-order valence-electron chi connectivity index (χ3n) is 4.55. The Kier molecular flexibility index (Phi) is 12.2. The molecule has 22 heavy (non-hydrogen) atoms. The Balaban J connectivity index is 0.00000441. The fourth-order valence-electron chi connectivity index (χ4n) is 3.52. The molecule has 0 atom stereocenters. The average Bonchev–Trinajstić information content (AvgIpc) is 2.52. The largest absolute Gasteiger partial charge is 0.870 e. The molecule has 0 heterocycles. The predicted octanol–water partition coefficient (Wildman–Crippen LogP) is 6.00. The molecule has 1 aromatic rings. The summed E-state index contributed by atoms with van der Waals surface area (Å²) in [7, 11) is 0. The SMILES string of the molecule is CCCCCCCC[N+](CCC)(CCC)c1ccccc1.[OH-]. The molecule has 0 saturated heterocycles. The van der Waals surface area contributed by atoms with Crippen molar-refractivity contribution in [3.63, 3.8) is 0 Å². The van der Waals surface area contributed by atoms with E-state index in [-0.39, 0.29) is 5.48 Å². The number of para-hydroxylation sites is 1. The van der Waals surface area contributed by atoms with Crippen molar-refractivity contribution in [2.24, 2.45) is 0 Å². The quantitative estimate of drug-likeness (QED) is 0.344. The lowest BCUT2D eigenvalue weighted by Crippen LogP contribution is -2.51. The van der Waals surface area contributed by atoms with Gasteiger partial charge in [-0.3, -0.25) is 4.48 Å². The zero-order chi connectivity index (χ0) is 15.4.